The number of carbonyl (C=O) groups is 1. The van der Waals surface area contributed by atoms with E-state index in [1.54, 1.807) is 32.4 Å². The van der Waals surface area contributed by atoms with Crippen LogP contribution in [-0.2, 0) is 11.3 Å². The Morgan fingerprint density at radius 1 is 1.32 bits per heavy atom. The van der Waals surface area contributed by atoms with Gasteiger partial charge in [0.2, 0.25) is 11.8 Å². The van der Waals surface area contributed by atoms with Gasteiger partial charge < -0.3 is 20.5 Å². The zero-order valence-electron chi connectivity index (χ0n) is 12.6. The molecule has 0 spiro atoms. The molecule has 0 aliphatic carbocycles. The lowest BCUT2D eigenvalue weighted by Gasteiger charge is -2.12. The quantitative estimate of drug-likeness (QED) is 0.850. The number of nitrogens with one attached hydrogen (secondary N) is 1. The molecule has 2 rings (SSSR count). The highest BCUT2D eigenvalue weighted by Gasteiger charge is 2.10. The number of aromatic nitrogens is 1. The Morgan fingerprint density at radius 2 is 2.09 bits per heavy atom. The average Bonchev–Trinajstić information content (AvgIpc) is 2.53. The summed E-state index contributed by atoms with van der Waals surface area (Å²) in [5.41, 5.74) is 6.28. The lowest BCUT2D eigenvalue weighted by molar-refractivity contribution is -0.122. The van der Waals surface area contributed by atoms with Gasteiger partial charge in [0.05, 0.1) is 13.2 Å². The molecule has 0 saturated heterocycles. The van der Waals surface area contributed by atoms with Gasteiger partial charge in [-0.25, -0.2) is 4.98 Å². The number of hydrogen-bond acceptors (Lipinski definition) is 5. The highest BCUT2D eigenvalue weighted by atomic mass is 16.5. The van der Waals surface area contributed by atoms with Crippen LogP contribution in [0, 0.1) is 0 Å². The van der Waals surface area contributed by atoms with Gasteiger partial charge in [0.25, 0.3) is 0 Å². The summed E-state index contributed by atoms with van der Waals surface area (Å²) in [4.78, 5) is 15.8. The summed E-state index contributed by atoms with van der Waals surface area (Å²) in [6.07, 6.45) is 1.63. The molecule has 0 saturated carbocycles. The van der Waals surface area contributed by atoms with Crippen molar-refractivity contribution in [2.24, 2.45) is 5.73 Å². The third kappa shape index (κ3) is 4.20. The molecule has 6 heteroatoms. The van der Waals surface area contributed by atoms with Gasteiger partial charge in [-0.3, -0.25) is 4.79 Å². The first-order chi connectivity index (χ1) is 10.6. The summed E-state index contributed by atoms with van der Waals surface area (Å²) in [5, 5.41) is 2.74. The van der Waals surface area contributed by atoms with Gasteiger partial charge in [0.15, 0.2) is 0 Å². The van der Waals surface area contributed by atoms with Crippen LogP contribution >= 0.6 is 0 Å². The van der Waals surface area contributed by atoms with Gasteiger partial charge >= 0.3 is 0 Å². The highest BCUT2D eigenvalue weighted by Crippen LogP contribution is 2.25. The summed E-state index contributed by atoms with van der Waals surface area (Å²) >= 11 is 0. The monoisotopic (exact) mass is 301 g/mol. The van der Waals surface area contributed by atoms with Crippen LogP contribution in [-0.4, -0.2) is 24.0 Å². The van der Waals surface area contributed by atoms with Gasteiger partial charge in [0.1, 0.15) is 11.5 Å². The minimum atomic E-state index is -0.556. The first kappa shape index (κ1) is 15.8. The second-order valence-corrected chi connectivity index (χ2v) is 4.76. The Kier molecular flexibility index (Phi) is 5.32. The van der Waals surface area contributed by atoms with E-state index in [0.29, 0.717) is 23.9 Å². The number of amides is 1. The number of carbonyl (C=O) groups excluding carboxylic acids is 1. The summed E-state index contributed by atoms with van der Waals surface area (Å²) in [6.45, 7) is 1.93. The molecule has 6 nitrogen and oxygen atoms in total. The summed E-state index contributed by atoms with van der Waals surface area (Å²) in [6, 6.07) is 10.3. The van der Waals surface area contributed by atoms with E-state index in [0.717, 1.165) is 5.56 Å². The van der Waals surface area contributed by atoms with Crippen molar-refractivity contribution >= 4 is 5.91 Å². The molecule has 116 valence electrons. The number of nitrogens with zero attached hydrogens (tertiary/aromatic N) is 1. The maximum Gasteiger partial charge on any atom is 0.236 e. The molecule has 22 heavy (non-hydrogen) atoms. The van der Waals surface area contributed by atoms with E-state index in [9.17, 15) is 4.79 Å². The van der Waals surface area contributed by atoms with Crippen LogP contribution in [0.3, 0.4) is 0 Å². The minimum Gasteiger partial charge on any atom is -0.497 e. The largest absolute Gasteiger partial charge is 0.497 e. The van der Waals surface area contributed by atoms with Crippen molar-refractivity contribution in [3.8, 4) is 17.4 Å². The first-order valence-electron chi connectivity index (χ1n) is 6.89. The van der Waals surface area contributed by atoms with Crippen molar-refractivity contribution in [2.45, 2.75) is 19.5 Å². The Morgan fingerprint density at radius 3 is 2.82 bits per heavy atom. The summed E-state index contributed by atoms with van der Waals surface area (Å²) < 4.78 is 10.9. The van der Waals surface area contributed by atoms with Gasteiger partial charge in [-0.05, 0) is 25.1 Å². The van der Waals surface area contributed by atoms with Crippen molar-refractivity contribution in [1.29, 1.82) is 0 Å². The molecular weight excluding hydrogens is 282 g/mol. The van der Waals surface area contributed by atoms with E-state index in [2.05, 4.69) is 10.3 Å². The van der Waals surface area contributed by atoms with Crippen molar-refractivity contribution < 1.29 is 14.3 Å². The molecule has 0 radical (unpaired) electrons. The first-order valence-corrected chi connectivity index (χ1v) is 6.89. The van der Waals surface area contributed by atoms with E-state index >= 15 is 0 Å². The second kappa shape index (κ2) is 7.42. The highest BCUT2D eigenvalue weighted by molar-refractivity contribution is 5.80. The number of ether oxygens (including phenoxy) is 2. The topological polar surface area (TPSA) is 86.5 Å². The van der Waals surface area contributed by atoms with Gasteiger partial charge in [-0.2, -0.15) is 0 Å². The number of methoxy groups -OCH3 is 1. The van der Waals surface area contributed by atoms with Gasteiger partial charge in [0, 0.05) is 24.4 Å². The number of hydrogen-bond donors (Lipinski definition) is 2. The smallest absolute Gasteiger partial charge is 0.236 e. The lowest BCUT2D eigenvalue weighted by Crippen LogP contribution is -2.37. The predicted molar refractivity (Wildman–Crippen MR) is 82.8 cm³/mol. The Bertz CT molecular complexity index is 644. The van der Waals surface area contributed by atoms with Crippen molar-refractivity contribution in [3.63, 3.8) is 0 Å². The number of rotatable bonds is 6. The molecule has 0 bridgehead atoms. The van der Waals surface area contributed by atoms with Crippen molar-refractivity contribution in [1.82, 2.24) is 10.3 Å². The van der Waals surface area contributed by atoms with Crippen LogP contribution in [0.25, 0.3) is 0 Å². The molecule has 1 amide bonds. The normalized spacial score (nSPS) is 11.6. The summed E-state index contributed by atoms with van der Waals surface area (Å²) in [7, 11) is 1.59. The molecule has 0 aliphatic heterocycles. The molecule has 2 aromatic rings. The van der Waals surface area contributed by atoms with E-state index in [4.69, 9.17) is 15.2 Å². The maximum atomic E-state index is 11.6. The predicted octanol–water partition coefficient (Wildman–Crippen LogP) is 1.85. The zero-order chi connectivity index (χ0) is 15.9. The van der Waals surface area contributed by atoms with Crippen molar-refractivity contribution in [3.05, 3.63) is 48.2 Å². The van der Waals surface area contributed by atoms with Crippen LogP contribution < -0.4 is 20.5 Å². The molecule has 1 aromatic carbocycles. The molecule has 0 fully saturated rings. The Hall–Kier alpha value is -2.60. The maximum absolute atomic E-state index is 11.6. The fourth-order valence-electron chi connectivity index (χ4n) is 1.77. The van der Waals surface area contributed by atoms with E-state index in [1.165, 1.54) is 0 Å². The van der Waals surface area contributed by atoms with Crippen molar-refractivity contribution in [2.75, 3.05) is 7.11 Å². The Balaban J connectivity index is 2.12. The number of pyridine rings is 1. The Labute approximate surface area is 129 Å². The SMILES string of the molecule is COc1cccc(Oc2ncccc2CNC(=O)C(C)N)c1. The van der Waals surface area contributed by atoms with Crippen LogP contribution in [0.1, 0.15) is 12.5 Å². The molecular formula is C16H19N3O3. The number of benzene rings is 1. The minimum absolute atomic E-state index is 0.226. The third-order valence-electron chi connectivity index (χ3n) is 2.97. The van der Waals surface area contributed by atoms with E-state index in [1.807, 2.05) is 24.3 Å². The molecule has 1 atom stereocenters. The van der Waals surface area contributed by atoms with Crippen LogP contribution in [0.2, 0.25) is 0 Å². The molecule has 1 aromatic heterocycles. The average molecular weight is 301 g/mol. The van der Waals surface area contributed by atoms with E-state index < -0.39 is 6.04 Å². The molecule has 1 heterocycles. The fourth-order valence-corrected chi connectivity index (χ4v) is 1.77. The lowest BCUT2D eigenvalue weighted by atomic mass is 10.2. The van der Waals surface area contributed by atoms with Crippen LogP contribution in [0.5, 0.6) is 17.4 Å². The third-order valence-corrected chi connectivity index (χ3v) is 2.97. The fraction of sp³-hybridized carbons (Fsp3) is 0.250. The van der Waals surface area contributed by atoms with Gasteiger partial charge in [-0.15, -0.1) is 0 Å². The van der Waals surface area contributed by atoms with Crippen LogP contribution in [0.4, 0.5) is 0 Å². The molecule has 1 unspecified atom stereocenters. The zero-order valence-corrected chi connectivity index (χ0v) is 12.6. The van der Waals surface area contributed by atoms with Crippen LogP contribution in [0.15, 0.2) is 42.6 Å². The second-order valence-electron chi connectivity index (χ2n) is 4.76. The van der Waals surface area contributed by atoms with E-state index in [-0.39, 0.29) is 5.91 Å². The number of nitrogens with two attached hydrogens (primary N) is 1. The standard InChI is InChI=1S/C16H19N3O3/c1-11(17)15(20)19-10-12-5-4-8-18-16(12)22-14-7-3-6-13(9-14)21-2/h3-9,11H,10,17H2,1-2H3,(H,19,20). The molecule has 0 aliphatic rings. The summed E-state index contributed by atoms with van der Waals surface area (Å²) in [5.74, 6) is 1.51. The molecule has 3 N–H and O–H groups in total. The van der Waals surface area contributed by atoms with Gasteiger partial charge in [-0.1, -0.05) is 12.1 Å².